The Balaban J connectivity index is 1.72. The van der Waals surface area contributed by atoms with Crippen LogP contribution in [0.3, 0.4) is 0 Å². The van der Waals surface area contributed by atoms with Gasteiger partial charge in [0, 0.05) is 6.42 Å². The first-order chi connectivity index (χ1) is 11.9. The number of alkyl halides is 3. The van der Waals surface area contributed by atoms with Gasteiger partial charge < -0.3 is 14.7 Å². The van der Waals surface area contributed by atoms with Crippen LogP contribution in [0.1, 0.15) is 37.7 Å². The summed E-state index contributed by atoms with van der Waals surface area (Å²) in [4.78, 5) is 12.8. The van der Waals surface area contributed by atoms with Gasteiger partial charge in [-0.25, -0.2) is 0 Å². The molecule has 0 radical (unpaired) electrons. The van der Waals surface area contributed by atoms with Crippen molar-refractivity contribution < 1.29 is 27.8 Å². The summed E-state index contributed by atoms with van der Waals surface area (Å²) in [6.45, 7) is 2.92. The van der Waals surface area contributed by atoms with Crippen molar-refractivity contribution in [3.05, 3.63) is 29.8 Å². The molecule has 4 nitrogen and oxygen atoms in total. The molecule has 1 aliphatic rings. The predicted molar refractivity (Wildman–Crippen MR) is 87.6 cm³/mol. The molecule has 0 saturated carbocycles. The highest BCUT2D eigenvalue weighted by molar-refractivity contribution is 5.66. The zero-order valence-corrected chi connectivity index (χ0v) is 14.1. The van der Waals surface area contributed by atoms with E-state index in [9.17, 15) is 18.0 Å². The van der Waals surface area contributed by atoms with Crippen molar-refractivity contribution >= 4 is 5.97 Å². The first kappa shape index (κ1) is 19.6. The van der Waals surface area contributed by atoms with Crippen molar-refractivity contribution in [2.24, 2.45) is 5.92 Å². The summed E-state index contributed by atoms with van der Waals surface area (Å²) in [7, 11) is 0. The predicted octanol–water partition coefficient (Wildman–Crippen LogP) is 4.05. The lowest BCUT2D eigenvalue weighted by atomic mass is 9.97. The second-order valence-corrected chi connectivity index (χ2v) is 6.44. The first-order valence-electron chi connectivity index (χ1n) is 8.59. The van der Waals surface area contributed by atoms with Crippen molar-refractivity contribution in [2.45, 2.75) is 38.3 Å². The monoisotopic (exact) mass is 359 g/mol. The number of aliphatic carboxylic acids is 1. The maximum absolute atomic E-state index is 12.9. The summed E-state index contributed by atoms with van der Waals surface area (Å²) in [5.74, 6) is -0.627. The van der Waals surface area contributed by atoms with Crippen molar-refractivity contribution in [2.75, 3.05) is 26.2 Å². The van der Waals surface area contributed by atoms with Crippen LogP contribution >= 0.6 is 0 Å². The van der Waals surface area contributed by atoms with Crippen LogP contribution in [0, 0.1) is 5.92 Å². The average Bonchev–Trinajstić information content (AvgIpc) is 2.57. The maximum atomic E-state index is 12.9. The summed E-state index contributed by atoms with van der Waals surface area (Å²) >= 11 is 0. The van der Waals surface area contributed by atoms with Crippen molar-refractivity contribution in [3.63, 3.8) is 0 Å². The molecular weight excluding hydrogens is 335 g/mol. The smallest absolute Gasteiger partial charge is 0.419 e. The minimum Gasteiger partial charge on any atom is -0.493 e. The van der Waals surface area contributed by atoms with E-state index in [0.717, 1.165) is 45.0 Å². The number of ether oxygens (including phenoxy) is 1. The van der Waals surface area contributed by atoms with Crippen LogP contribution in [0.2, 0.25) is 0 Å². The van der Waals surface area contributed by atoms with E-state index in [1.165, 1.54) is 12.1 Å². The summed E-state index contributed by atoms with van der Waals surface area (Å²) < 4.78 is 44.3. The molecule has 7 heteroatoms. The van der Waals surface area contributed by atoms with Gasteiger partial charge in [0.25, 0.3) is 0 Å². The number of benzene rings is 1. The number of para-hydroxylation sites is 1. The maximum Gasteiger partial charge on any atom is 0.419 e. The van der Waals surface area contributed by atoms with Crippen LogP contribution in [0.25, 0.3) is 0 Å². The zero-order valence-electron chi connectivity index (χ0n) is 14.1. The third kappa shape index (κ3) is 6.57. The second-order valence-electron chi connectivity index (χ2n) is 6.44. The minimum absolute atomic E-state index is 0.105. The van der Waals surface area contributed by atoms with Gasteiger partial charge in [-0.3, -0.25) is 4.79 Å². The van der Waals surface area contributed by atoms with Gasteiger partial charge in [0.05, 0.1) is 12.2 Å². The molecule has 0 amide bonds. The van der Waals surface area contributed by atoms with E-state index in [4.69, 9.17) is 9.84 Å². The minimum atomic E-state index is -4.41. The van der Waals surface area contributed by atoms with Crippen LogP contribution in [-0.2, 0) is 11.0 Å². The normalized spacial score (nSPS) is 16.8. The fourth-order valence-electron chi connectivity index (χ4n) is 3.02. The highest BCUT2D eigenvalue weighted by Gasteiger charge is 2.34. The molecule has 1 aromatic carbocycles. The van der Waals surface area contributed by atoms with Crippen molar-refractivity contribution in [3.8, 4) is 5.75 Å². The molecule has 0 spiro atoms. The fourth-order valence-corrected chi connectivity index (χ4v) is 3.02. The molecule has 140 valence electrons. The van der Waals surface area contributed by atoms with E-state index in [1.807, 2.05) is 0 Å². The number of nitrogens with zero attached hydrogens (tertiary/aromatic N) is 1. The lowest BCUT2D eigenvalue weighted by Crippen LogP contribution is -2.36. The lowest BCUT2D eigenvalue weighted by molar-refractivity contribution is -0.139. The Morgan fingerprint density at radius 3 is 2.52 bits per heavy atom. The van der Waals surface area contributed by atoms with E-state index in [2.05, 4.69) is 4.90 Å². The topological polar surface area (TPSA) is 49.8 Å². The van der Waals surface area contributed by atoms with Gasteiger partial charge in [0.15, 0.2) is 0 Å². The zero-order chi connectivity index (χ0) is 18.3. The van der Waals surface area contributed by atoms with E-state index >= 15 is 0 Å². The first-order valence-corrected chi connectivity index (χ1v) is 8.59. The number of carboxylic acid groups (broad SMARTS) is 1. The molecule has 0 bridgehead atoms. The van der Waals surface area contributed by atoms with Gasteiger partial charge in [-0.1, -0.05) is 12.1 Å². The van der Waals surface area contributed by atoms with Gasteiger partial charge in [-0.2, -0.15) is 13.2 Å². The summed E-state index contributed by atoms with van der Waals surface area (Å²) in [5.41, 5.74) is -0.731. The molecule has 1 fully saturated rings. The molecular formula is C18H24F3NO3. The Morgan fingerprint density at radius 1 is 1.20 bits per heavy atom. The Bertz CT molecular complexity index is 555. The van der Waals surface area contributed by atoms with Crippen LogP contribution in [-0.4, -0.2) is 42.2 Å². The third-order valence-corrected chi connectivity index (χ3v) is 4.49. The average molecular weight is 359 g/mol. The Hall–Kier alpha value is -1.76. The van der Waals surface area contributed by atoms with E-state index < -0.39 is 17.7 Å². The van der Waals surface area contributed by atoms with Crippen LogP contribution in [0.4, 0.5) is 13.2 Å². The van der Waals surface area contributed by atoms with Gasteiger partial charge >= 0.3 is 12.1 Å². The summed E-state index contributed by atoms with van der Waals surface area (Å²) in [6, 6.07) is 5.30. The van der Waals surface area contributed by atoms with Gasteiger partial charge in [0.1, 0.15) is 5.75 Å². The number of hydrogen-bond donors (Lipinski definition) is 1. The highest BCUT2D eigenvalue weighted by Crippen LogP contribution is 2.36. The summed E-state index contributed by atoms with van der Waals surface area (Å²) in [6.07, 6.45) is -0.919. The number of carbonyl (C=O) groups is 1. The van der Waals surface area contributed by atoms with E-state index in [-0.39, 0.29) is 18.1 Å². The van der Waals surface area contributed by atoms with Gasteiger partial charge in [-0.15, -0.1) is 0 Å². The lowest BCUT2D eigenvalue weighted by Gasteiger charge is -2.32. The molecule has 2 rings (SSSR count). The molecule has 1 aromatic rings. The Morgan fingerprint density at radius 2 is 1.88 bits per heavy atom. The summed E-state index contributed by atoms with van der Waals surface area (Å²) in [5, 5.41) is 8.61. The van der Waals surface area contributed by atoms with Crippen LogP contribution in [0.5, 0.6) is 5.75 Å². The molecule has 0 atom stereocenters. The molecule has 1 saturated heterocycles. The molecule has 1 heterocycles. The number of carboxylic acids is 1. The number of halogens is 3. The van der Waals surface area contributed by atoms with E-state index in [1.54, 1.807) is 6.07 Å². The van der Waals surface area contributed by atoms with E-state index in [0.29, 0.717) is 13.0 Å². The number of unbranched alkanes of at least 4 members (excludes halogenated alkanes) is 1. The number of rotatable bonds is 8. The third-order valence-electron chi connectivity index (χ3n) is 4.49. The molecule has 1 N–H and O–H groups in total. The largest absolute Gasteiger partial charge is 0.493 e. The molecule has 0 aromatic heterocycles. The van der Waals surface area contributed by atoms with Crippen molar-refractivity contribution in [1.29, 1.82) is 0 Å². The number of piperidine rings is 1. The quantitative estimate of drug-likeness (QED) is 0.712. The van der Waals surface area contributed by atoms with Crippen molar-refractivity contribution in [1.82, 2.24) is 4.90 Å². The fraction of sp³-hybridized carbons (Fsp3) is 0.611. The Kier molecular flexibility index (Phi) is 7.11. The van der Waals surface area contributed by atoms with Crippen LogP contribution < -0.4 is 4.74 Å². The molecule has 1 aliphatic heterocycles. The molecule has 0 unspecified atom stereocenters. The Labute approximate surface area is 145 Å². The van der Waals surface area contributed by atoms with Gasteiger partial charge in [-0.05, 0) is 63.4 Å². The molecule has 25 heavy (non-hydrogen) atoms. The number of likely N-dealkylation sites (tertiary alicyclic amines) is 1. The number of hydrogen-bond acceptors (Lipinski definition) is 3. The molecule has 0 aliphatic carbocycles. The SMILES string of the molecule is O=C(O)CCCCN1CCC(COc2ccccc2C(F)(F)F)CC1. The van der Waals surface area contributed by atoms with Gasteiger partial charge in [0.2, 0.25) is 0 Å². The highest BCUT2D eigenvalue weighted by atomic mass is 19.4. The second kappa shape index (κ2) is 9.08. The standard InChI is InChI=1S/C18H24F3NO3/c19-18(20,21)15-5-1-2-6-16(15)25-13-14-8-11-22(12-9-14)10-4-3-7-17(23)24/h1-2,5-6,14H,3-4,7-13H2,(H,23,24). The van der Waals surface area contributed by atoms with Crippen LogP contribution in [0.15, 0.2) is 24.3 Å².